The number of nitrogens with zero attached hydrogens (tertiary/aromatic N) is 2. The summed E-state index contributed by atoms with van der Waals surface area (Å²) in [4.78, 5) is 49.9. The lowest BCUT2D eigenvalue weighted by molar-refractivity contribution is -0.170. The van der Waals surface area contributed by atoms with Gasteiger partial charge in [0, 0.05) is 12.2 Å². The van der Waals surface area contributed by atoms with Crippen molar-refractivity contribution in [1.82, 2.24) is 20.4 Å². The molecule has 4 rings (SSSR count). The summed E-state index contributed by atoms with van der Waals surface area (Å²) in [5.74, 6) is -4.56. The van der Waals surface area contributed by atoms with Gasteiger partial charge in [0.1, 0.15) is 17.6 Å². The van der Waals surface area contributed by atoms with Gasteiger partial charge in [-0.05, 0) is 81.0 Å². The quantitative estimate of drug-likeness (QED) is 0.285. The highest BCUT2D eigenvalue weighted by atomic mass is 19.4. The fraction of sp³-hybridized carbons (Fsp3) is 0.519. The van der Waals surface area contributed by atoms with E-state index in [1.165, 1.54) is 23.6 Å². The monoisotopic (exact) mass is 580 g/mol. The van der Waals surface area contributed by atoms with Crippen LogP contribution >= 0.6 is 0 Å². The first-order chi connectivity index (χ1) is 19.3. The molecule has 2 unspecified atom stereocenters. The molecule has 1 aromatic carbocycles. The minimum absolute atomic E-state index is 0.00373. The van der Waals surface area contributed by atoms with Crippen LogP contribution in [0.25, 0.3) is 0 Å². The molecule has 0 aliphatic heterocycles. The summed E-state index contributed by atoms with van der Waals surface area (Å²) in [7, 11) is 0. The lowest BCUT2D eigenvalue weighted by Gasteiger charge is -2.28. The third-order valence-corrected chi connectivity index (χ3v) is 7.25. The minimum Gasteiger partial charge on any atom is -0.368 e. The van der Waals surface area contributed by atoms with Gasteiger partial charge in [-0.25, -0.2) is 4.39 Å². The van der Waals surface area contributed by atoms with Gasteiger partial charge in [0.25, 0.3) is 5.91 Å². The van der Waals surface area contributed by atoms with Gasteiger partial charge < -0.3 is 21.7 Å². The van der Waals surface area contributed by atoms with E-state index in [0.717, 1.165) is 31.7 Å². The van der Waals surface area contributed by atoms with Crippen LogP contribution in [0, 0.1) is 23.6 Å². The zero-order chi connectivity index (χ0) is 30.1. The Bertz CT molecular complexity index is 1310. The third kappa shape index (κ3) is 7.41. The molecule has 0 spiro atoms. The normalized spacial score (nSPS) is 16.8. The molecule has 2 atom stereocenters. The molecule has 2 saturated carbocycles. The Hall–Kier alpha value is -3.97. The summed E-state index contributed by atoms with van der Waals surface area (Å²) in [6.45, 7) is 3.74. The number of primary amides is 1. The van der Waals surface area contributed by atoms with Gasteiger partial charge in [-0.1, -0.05) is 6.07 Å². The molecule has 14 heteroatoms. The molecule has 5 N–H and O–H groups in total. The van der Waals surface area contributed by atoms with E-state index < -0.39 is 54.1 Å². The highest BCUT2D eigenvalue weighted by Gasteiger charge is 2.48. The Kier molecular flexibility index (Phi) is 8.69. The number of halogens is 4. The molecule has 0 bridgehead atoms. The van der Waals surface area contributed by atoms with Crippen molar-refractivity contribution in [3.63, 3.8) is 0 Å². The molecule has 1 heterocycles. The van der Waals surface area contributed by atoms with Crippen molar-refractivity contribution < 1.29 is 36.7 Å². The SMILES string of the molecule is CC(C)n1nccc1C(=O)NC(C(=O)Nc1ccc(CC(=O)NC(C(N)=O)C(F)(F)F)cc1F)C(C1CC1)C1CC1. The second kappa shape index (κ2) is 11.9. The maximum Gasteiger partial charge on any atom is 0.417 e. The molecule has 4 amide bonds. The topological polar surface area (TPSA) is 148 Å². The summed E-state index contributed by atoms with van der Waals surface area (Å²) in [5, 5.41) is 11.1. The number of hydrogen-bond acceptors (Lipinski definition) is 5. The van der Waals surface area contributed by atoms with Crippen LogP contribution in [0.3, 0.4) is 0 Å². The van der Waals surface area contributed by atoms with Crippen LogP contribution in [-0.4, -0.2) is 51.7 Å². The average Bonchev–Trinajstić information content (AvgIpc) is 3.82. The van der Waals surface area contributed by atoms with Crippen molar-refractivity contribution in [3.05, 3.63) is 47.5 Å². The zero-order valence-corrected chi connectivity index (χ0v) is 22.5. The minimum atomic E-state index is -5.08. The summed E-state index contributed by atoms with van der Waals surface area (Å²) in [5.41, 5.74) is 4.79. The Morgan fingerprint density at radius 3 is 2.20 bits per heavy atom. The Labute approximate surface area is 233 Å². The van der Waals surface area contributed by atoms with E-state index in [9.17, 15) is 36.7 Å². The molecule has 2 aliphatic rings. The molecule has 1 aromatic heterocycles. The van der Waals surface area contributed by atoms with Gasteiger partial charge in [0.15, 0.2) is 0 Å². The van der Waals surface area contributed by atoms with Crippen LogP contribution in [0.2, 0.25) is 0 Å². The van der Waals surface area contributed by atoms with Crippen molar-refractivity contribution in [2.75, 3.05) is 5.32 Å². The van der Waals surface area contributed by atoms with Crippen LogP contribution < -0.4 is 21.7 Å². The molecule has 0 radical (unpaired) electrons. The Morgan fingerprint density at radius 1 is 1.05 bits per heavy atom. The summed E-state index contributed by atoms with van der Waals surface area (Å²) >= 11 is 0. The fourth-order valence-electron chi connectivity index (χ4n) is 5.04. The smallest absolute Gasteiger partial charge is 0.368 e. The highest BCUT2D eigenvalue weighted by molar-refractivity contribution is 6.01. The van der Waals surface area contributed by atoms with E-state index >= 15 is 0 Å². The van der Waals surface area contributed by atoms with E-state index in [-0.39, 0.29) is 35.0 Å². The van der Waals surface area contributed by atoms with Gasteiger partial charge in [0.2, 0.25) is 23.8 Å². The molecule has 2 aromatic rings. The van der Waals surface area contributed by atoms with Crippen molar-refractivity contribution in [2.45, 2.75) is 70.3 Å². The number of anilines is 1. The summed E-state index contributed by atoms with van der Waals surface area (Å²) < 4.78 is 55.2. The standard InChI is InChI=1S/C27H32F4N6O4/c1-13(2)37-19(9-10-33-37)25(40)36-22(21(15-4-5-15)16-6-7-16)26(41)34-18-8-3-14(11-17(18)28)12-20(38)35-23(24(32)39)27(29,30)31/h3,8-11,13,15-16,21-23H,4-7,12H2,1-2H3,(H2,32,39)(H,34,41)(H,35,38)(H,36,40). The first-order valence-electron chi connectivity index (χ1n) is 13.3. The first-order valence-corrected chi connectivity index (χ1v) is 13.3. The second-order valence-corrected chi connectivity index (χ2v) is 10.9. The van der Waals surface area contributed by atoms with Crippen molar-refractivity contribution in [3.8, 4) is 0 Å². The maximum absolute atomic E-state index is 15.0. The number of amides is 4. The van der Waals surface area contributed by atoms with Crippen molar-refractivity contribution in [2.24, 2.45) is 23.5 Å². The van der Waals surface area contributed by atoms with Crippen LogP contribution in [-0.2, 0) is 20.8 Å². The Morgan fingerprint density at radius 2 is 1.68 bits per heavy atom. The number of nitrogens with one attached hydrogen (secondary N) is 3. The molecule has 222 valence electrons. The molecule has 41 heavy (non-hydrogen) atoms. The van der Waals surface area contributed by atoms with Gasteiger partial charge in [-0.3, -0.25) is 23.9 Å². The highest BCUT2D eigenvalue weighted by Crippen LogP contribution is 2.51. The number of nitrogens with two attached hydrogens (primary N) is 1. The Balaban J connectivity index is 1.48. The van der Waals surface area contributed by atoms with Gasteiger partial charge >= 0.3 is 6.18 Å². The molecule has 10 nitrogen and oxygen atoms in total. The number of aromatic nitrogens is 2. The number of carbonyl (C=O) groups excluding carboxylic acids is 4. The van der Waals surface area contributed by atoms with E-state index in [4.69, 9.17) is 5.73 Å². The molecule has 0 saturated heterocycles. The largest absolute Gasteiger partial charge is 0.417 e. The van der Waals surface area contributed by atoms with Gasteiger partial charge in [-0.2, -0.15) is 18.3 Å². The number of alkyl halides is 3. The molecule has 2 fully saturated rings. The molecular formula is C27H32F4N6O4. The molecule has 2 aliphatic carbocycles. The lowest BCUT2D eigenvalue weighted by Crippen LogP contribution is -2.53. The van der Waals surface area contributed by atoms with E-state index in [2.05, 4.69) is 15.7 Å². The van der Waals surface area contributed by atoms with Gasteiger partial charge in [-0.15, -0.1) is 0 Å². The average molecular weight is 581 g/mol. The van der Waals surface area contributed by atoms with Crippen LogP contribution in [0.15, 0.2) is 30.5 Å². The second-order valence-electron chi connectivity index (χ2n) is 10.9. The van der Waals surface area contributed by atoms with E-state index in [1.807, 2.05) is 13.8 Å². The zero-order valence-electron chi connectivity index (χ0n) is 22.5. The number of hydrogen-bond donors (Lipinski definition) is 4. The predicted molar refractivity (Wildman–Crippen MR) is 139 cm³/mol. The lowest BCUT2D eigenvalue weighted by atomic mass is 9.88. The summed E-state index contributed by atoms with van der Waals surface area (Å²) in [6, 6.07) is 0.996. The first kappa shape index (κ1) is 30.0. The van der Waals surface area contributed by atoms with Crippen LogP contribution in [0.5, 0.6) is 0 Å². The van der Waals surface area contributed by atoms with Gasteiger partial charge in [0.05, 0.1) is 12.1 Å². The third-order valence-electron chi connectivity index (χ3n) is 7.25. The van der Waals surface area contributed by atoms with Crippen molar-refractivity contribution >= 4 is 29.3 Å². The number of benzene rings is 1. The van der Waals surface area contributed by atoms with Crippen LogP contribution in [0.4, 0.5) is 23.2 Å². The van der Waals surface area contributed by atoms with E-state index in [0.29, 0.717) is 5.69 Å². The summed E-state index contributed by atoms with van der Waals surface area (Å²) in [6.07, 6.45) is -0.528. The van der Waals surface area contributed by atoms with Crippen molar-refractivity contribution in [1.29, 1.82) is 0 Å². The number of rotatable bonds is 12. The fourth-order valence-corrected chi connectivity index (χ4v) is 5.04. The maximum atomic E-state index is 15.0. The molecular weight excluding hydrogens is 548 g/mol. The number of carbonyl (C=O) groups is 4. The van der Waals surface area contributed by atoms with E-state index in [1.54, 1.807) is 10.7 Å². The van der Waals surface area contributed by atoms with Crippen LogP contribution in [0.1, 0.15) is 61.6 Å². The predicted octanol–water partition coefficient (Wildman–Crippen LogP) is 2.85.